The molecule has 2 N–H and O–H groups in total. The fourth-order valence-corrected chi connectivity index (χ4v) is 2.01. The molecule has 0 amide bonds. The maximum Gasteiger partial charge on any atom is 0.200 e. The van der Waals surface area contributed by atoms with Crippen LogP contribution in [0.15, 0.2) is 60.8 Å². The van der Waals surface area contributed by atoms with Crippen LogP contribution in [-0.4, -0.2) is 9.55 Å². The minimum atomic E-state index is 0.504. The molecule has 3 rings (SSSR count). The van der Waals surface area contributed by atoms with E-state index in [2.05, 4.69) is 4.98 Å². The summed E-state index contributed by atoms with van der Waals surface area (Å²) in [4.78, 5) is 4.09. The Morgan fingerprint density at radius 2 is 1.60 bits per heavy atom. The predicted octanol–water partition coefficient (Wildman–Crippen LogP) is 3.46. The molecule has 0 aliphatic heterocycles. The van der Waals surface area contributed by atoms with Gasteiger partial charge in [0.05, 0.1) is 11.9 Å². The van der Waals surface area contributed by atoms with E-state index in [4.69, 9.17) is 10.5 Å². The highest BCUT2D eigenvalue weighted by atomic mass is 16.5. The molecule has 4 nitrogen and oxygen atoms in total. The fraction of sp³-hybridized carbons (Fsp3) is 0.0625. The first-order valence-electron chi connectivity index (χ1n) is 6.34. The van der Waals surface area contributed by atoms with Crippen molar-refractivity contribution in [1.82, 2.24) is 9.55 Å². The van der Waals surface area contributed by atoms with Crippen LogP contribution >= 0.6 is 0 Å². The Hall–Kier alpha value is -2.75. The Bertz CT molecular complexity index is 702. The maximum atomic E-state index is 5.76. The van der Waals surface area contributed by atoms with Crippen molar-refractivity contribution in [3.05, 3.63) is 60.8 Å². The number of nitrogens with zero attached hydrogens (tertiary/aromatic N) is 2. The Kier molecular flexibility index (Phi) is 3.13. The number of rotatable bonds is 3. The van der Waals surface area contributed by atoms with E-state index in [1.165, 1.54) is 0 Å². The topological polar surface area (TPSA) is 53.1 Å². The number of nitrogen functional groups attached to an aromatic ring is 1. The molecule has 0 fully saturated rings. The van der Waals surface area contributed by atoms with Crippen LogP contribution in [0.3, 0.4) is 0 Å². The number of imidazole rings is 1. The molecule has 0 bridgehead atoms. The first-order valence-corrected chi connectivity index (χ1v) is 6.34. The zero-order valence-corrected chi connectivity index (χ0v) is 11.2. The van der Waals surface area contributed by atoms with Crippen molar-refractivity contribution in [2.24, 2.45) is 7.05 Å². The molecule has 20 heavy (non-hydrogen) atoms. The summed E-state index contributed by atoms with van der Waals surface area (Å²) < 4.78 is 7.61. The van der Waals surface area contributed by atoms with Gasteiger partial charge in [0.15, 0.2) is 5.95 Å². The second-order valence-corrected chi connectivity index (χ2v) is 4.50. The van der Waals surface area contributed by atoms with E-state index in [-0.39, 0.29) is 0 Å². The summed E-state index contributed by atoms with van der Waals surface area (Å²) >= 11 is 0. The quantitative estimate of drug-likeness (QED) is 0.789. The SMILES string of the molecule is Cn1c(-c2ccc(Oc3ccccc3)cc2)cnc1N. The van der Waals surface area contributed by atoms with Crippen LogP contribution in [0.2, 0.25) is 0 Å². The van der Waals surface area contributed by atoms with Gasteiger partial charge in [-0.2, -0.15) is 0 Å². The summed E-state index contributed by atoms with van der Waals surface area (Å²) in [6.07, 6.45) is 1.77. The van der Waals surface area contributed by atoms with Crippen molar-refractivity contribution < 1.29 is 4.74 Å². The number of hydrogen-bond donors (Lipinski definition) is 1. The maximum absolute atomic E-state index is 5.76. The van der Waals surface area contributed by atoms with Crippen molar-refractivity contribution >= 4 is 5.95 Å². The van der Waals surface area contributed by atoms with Crippen molar-refractivity contribution in [3.8, 4) is 22.8 Å². The molecule has 0 saturated carbocycles. The number of hydrogen-bond acceptors (Lipinski definition) is 3. The van der Waals surface area contributed by atoms with Crippen LogP contribution in [-0.2, 0) is 7.05 Å². The van der Waals surface area contributed by atoms with Gasteiger partial charge in [0.1, 0.15) is 11.5 Å². The summed E-state index contributed by atoms with van der Waals surface area (Å²) in [5, 5.41) is 0. The van der Waals surface area contributed by atoms with Gasteiger partial charge in [0.25, 0.3) is 0 Å². The van der Waals surface area contributed by atoms with Crippen molar-refractivity contribution in [2.45, 2.75) is 0 Å². The van der Waals surface area contributed by atoms with E-state index in [9.17, 15) is 0 Å². The normalized spacial score (nSPS) is 10.4. The third-order valence-electron chi connectivity index (χ3n) is 3.15. The molecule has 0 atom stereocenters. The van der Waals surface area contributed by atoms with E-state index in [0.29, 0.717) is 5.95 Å². The molecule has 1 aromatic heterocycles. The summed E-state index contributed by atoms with van der Waals surface area (Å²) in [5.41, 5.74) is 7.77. The lowest BCUT2D eigenvalue weighted by Crippen LogP contribution is -1.98. The number of benzene rings is 2. The number of para-hydroxylation sites is 1. The predicted molar refractivity (Wildman–Crippen MR) is 79.6 cm³/mol. The molecule has 3 aromatic rings. The molecule has 0 aliphatic rings. The van der Waals surface area contributed by atoms with Crippen molar-refractivity contribution in [1.29, 1.82) is 0 Å². The largest absolute Gasteiger partial charge is 0.457 e. The lowest BCUT2D eigenvalue weighted by Gasteiger charge is -2.07. The lowest BCUT2D eigenvalue weighted by molar-refractivity contribution is 0.483. The van der Waals surface area contributed by atoms with E-state index < -0.39 is 0 Å². The molecule has 0 unspecified atom stereocenters. The zero-order chi connectivity index (χ0) is 13.9. The summed E-state index contributed by atoms with van der Waals surface area (Å²) in [6.45, 7) is 0. The molecule has 2 aromatic carbocycles. The highest BCUT2D eigenvalue weighted by molar-refractivity contribution is 5.62. The summed E-state index contributed by atoms with van der Waals surface area (Å²) in [5.74, 6) is 2.13. The van der Waals surface area contributed by atoms with Gasteiger partial charge in [-0.05, 0) is 36.4 Å². The summed E-state index contributed by atoms with van der Waals surface area (Å²) in [7, 11) is 1.89. The highest BCUT2D eigenvalue weighted by Crippen LogP contribution is 2.26. The number of nitrogens with two attached hydrogens (primary N) is 1. The Balaban J connectivity index is 1.83. The van der Waals surface area contributed by atoms with Gasteiger partial charge >= 0.3 is 0 Å². The lowest BCUT2D eigenvalue weighted by atomic mass is 10.1. The minimum Gasteiger partial charge on any atom is -0.457 e. The monoisotopic (exact) mass is 265 g/mol. The van der Waals surface area contributed by atoms with Crippen LogP contribution in [0.25, 0.3) is 11.3 Å². The molecule has 1 heterocycles. The first kappa shape index (κ1) is 12.3. The molecule has 100 valence electrons. The highest BCUT2D eigenvalue weighted by Gasteiger charge is 2.06. The van der Waals surface area contributed by atoms with Crippen molar-refractivity contribution in [2.75, 3.05) is 5.73 Å². The van der Waals surface area contributed by atoms with Crippen LogP contribution < -0.4 is 10.5 Å². The van der Waals surface area contributed by atoms with Gasteiger partial charge in [0.2, 0.25) is 0 Å². The first-order chi connectivity index (χ1) is 9.74. The molecule has 0 spiro atoms. The number of ether oxygens (including phenoxy) is 1. The van der Waals surface area contributed by atoms with Crippen LogP contribution in [0.1, 0.15) is 0 Å². The third-order valence-corrected chi connectivity index (χ3v) is 3.15. The molecule has 4 heteroatoms. The van der Waals surface area contributed by atoms with Gasteiger partial charge < -0.3 is 15.0 Å². The standard InChI is InChI=1S/C16H15N3O/c1-19-15(11-18-16(19)17)12-7-9-14(10-8-12)20-13-5-3-2-4-6-13/h2-11H,1H3,(H2,17,18). The van der Waals surface area contributed by atoms with E-state index in [0.717, 1.165) is 22.8 Å². The molecule has 0 radical (unpaired) electrons. The zero-order valence-electron chi connectivity index (χ0n) is 11.2. The van der Waals surface area contributed by atoms with Crippen LogP contribution in [0.4, 0.5) is 5.95 Å². The second-order valence-electron chi connectivity index (χ2n) is 4.50. The Labute approximate surface area is 117 Å². The van der Waals surface area contributed by atoms with Gasteiger partial charge in [-0.15, -0.1) is 0 Å². The van der Waals surface area contributed by atoms with Crippen LogP contribution in [0, 0.1) is 0 Å². The summed E-state index contributed by atoms with van der Waals surface area (Å²) in [6, 6.07) is 17.6. The number of anilines is 1. The van der Waals surface area contributed by atoms with Gasteiger partial charge in [-0.1, -0.05) is 18.2 Å². The van der Waals surface area contributed by atoms with Crippen molar-refractivity contribution in [3.63, 3.8) is 0 Å². The van der Waals surface area contributed by atoms with Crippen LogP contribution in [0.5, 0.6) is 11.5 Å². The van der Waals surface area contributed by atoms with E-state index in [1.807, 2.05) is 66.2 Å². The smallest absolute Gasteiger partial charge is 0.200 e. The van der Waals surface area contributed by atoms with Gasteiger partial charge in [0, 0.05) is 12.6 Å². The average molecular weight is 265 g/mol. The van der Waals surface area contributed by atoms with E-state index >= 15 is 0 Å². The second kappa shape index (κ2) is 5.09. The Morgan fingerprint density at radius 3 is 2.20 bits per heavy atom. The molecule has 0 saturated heterocycles. The molecular formula is C16H15N3O. The van der Waals surface area contributed by atoms with Gasteiger partial charge in [-0.25, -0.2) is 4.98 Å². The minimum absolute atomic E-state index is 0.504. The third kappa shape index (κ3) is 2.36. The molecular weight excluding hydrogens is 250 g/mol. The van der Waals surface area contributed by atoms with Gasteiger partial charge in [-0.3, -0.25) is 0 Å². The fourth-order valence-electron chi connectivity index (χ4n) is 2.01. The Morgan fingerprint density at radius 1 is 0.950 bits per heavy atom. The number of aromatic nitrogens is 2. The molecule has 0 aliphatic carbocycles. The average Bonchev–Trinajstić information content (AvgIpc) is 2.81. The van der Waals surface area contributed by atoms with E-state index in [1.54, 1.807) is 6.20 Å².